The number of rotatable bonds is 9. The van der Waals surface area contributed by atoms with E-state index in [9.17, 15) is 4.79 Å². The zero-order valence-corrected chi connectivity index (χ0v) is 21.2. The minimum atomic E-state index is 0.0945. The summed E-state index contributed by atoms with van der Waals surface area (Å²) in [5, 5.41) is 0. The van der Waals surface area contributed by atoms with Crippen LogP contribution < -0.4 is 14.2 Å². The Kier molecular flexibility index (Phi) is 7.03. The zero-order valence-electron chi connectivity index (χ0n) is 21.2. The first kappa shape index (κ1) is 24.0. The number of hydrogen-bond donors (Lipinski definition) is 0. The van der Waals surface area contributed by atoms with Gasteiger partial charge in [0.2, 0.25) is 5.88 Å². The van der Waals surface area contributed by atoms with E-state index in [1.54, 1.807) is 14.2 Å². The lowest BCUT2D eigenvalue weighted by Crippen LogP contribution is -2.15. The van der Waals surface area contributed by atoms with Crippen molar-refractivity contribution in [2.75, 3.05) is 14.2 Å². The lowest BCUT2D eigenvalue weighted by atomic mass is 10.0. The van der Waals surface area contributed by atoms with Gasteiger partial charge < -0.3 is 14.2 Å². The van der Waals surface area contributed by atoms with Crippen LogP contribution in [0.15, 0.2) is 48.5 Å². The molecule has 0 N–H and O–H groups in total. The maximum absolute atomic E-state index is 12.2. The Morgan fingerprint density at radius 3 is 2.61 bits per heavy atom. The van der Waals surface area contributed by atoms with Crippen molar-refractivity contribution in [3.63, 3.8) is 0 Å². The van der Waals surface area contributed by atoms with Crippen LogP contribution in [0, 0.1) is 0 Å². The number of nitrogens with zero attached hydrogens (tertiary/aromatic N) is 2. The minimum Gasteiger partial charge on any atom is -0.497 e. The van der Waals surface area contributed by atoms with Crippen LogP contribution in [0.25, 0.3) is 5.57 Å². The number of carbonyl (C=O) groups excluding carboxylic acids is 1. The summed E-state index contributed by atoms with van der Waals surface area (Å²) in [6.07, 6.45) is 8.52. The molecule has 186 valence electrons. The predicted octanol–water partition coefficient (Wildman–Crippen LogP) is 5.99. The van der Waals surface area contributed by atoms with Gasteiger partial charge in [-0.3, -0.25) is 4.79 Å². The fourth-order valence-electron chi connectivity index (χ4n) is 5.07. The molecule has 2 aliphatic carbocycles. The average Bonchev–Trinajstić information content (AvgIpc) is 3.58. The zero-order chi connectivity index (χ0) is 25.1. The van der Waals surface area contributed by atoms with Gasteiger partial charge in [-0.15, -0.1) is 0 Å². The van der Waals surface area contributed by atoms with Crippen LogP contribution in [-0.4, -0.2) is 36.1 Å². The molecule has 6 nitrogen and oxygen atoms in total. The molecule has 0 aliphatic heterocycles. The molecule has 1 saturated carbocycles. The first-order valence-electron chi connectivity index (χ1n) is 12.7. The van der Waals surface area contributed by atoms with Crippen molar-refractivity contribution in [3.05, 3.63) is 82.3 Å². The number of benzene rings is 2. The fourth-order valence-corrected chi connectivity index (χ4v) is 5.07. The monoisotopic (exact) mass is 484 g/mol. The van der Waals surface area contributed by atoms with E-state index in [4.69, 9.17) is 24.2 Å². The van der Waals surface area contributed by atoms with Gasteiger partial charge in [-0.05, 0) is 55.0 Å². The van der Waals surface area contributed by atoms with Gasteiger partial charge in [0.05, 0.1) is 25.5 Å². The first-order valence-corrected chi connectivity index (χ1v) is 12.7. The van der Waals surface area contributed by atoms with Crippen molar-refractivity contribution >= 4 is 11.4 Å². The average molecular weight is 485 g/mol. The third-order valence-corrected chi connectivity index (χ3v) is 7.01. The molecule has 2 aliphatic rings. The Labute approximate surface area is 212 Å². The van der Waals surface area contributed by atoms with E-state index in [1.807, 2.05) is 43.3 Å². The molecule has 1 heterocycles. The summed E-state index contributed by atoms with van der Waals surface area (Å²) < 4.78 is 17.6. The molecule has 36 heavy (non-hydrogen) atoms. The van der Waals surface area contributed by atoms with Crippen LogP contribution in [0.5, 0.6) is 17.4 Å². The molecule has 0 radical (unpaired) electrons. The quantitative estimate of drug-likeness (QED) is 0.348. The second-order valence-corrected chi connectivity index (χ2v) is 9.33. The number of fused-ring (bicyclic) bond motifs is 1. The SMILES string of the molecule is CCC(=O)c1ccc(Cc2nc3c(c(OC4CCCC4)n2)C(c2cccc(OC)c2)=CC3)c(OC)c1. The van der Waals surface area contributed by atoms with Crippen molar-refractivity contribution in [2.24, 2.45) is 0 Å². The second-order valence-electron chi connectivity index (χ2n) is 9.33. The summed E-state index contributed by atoms with van der Waals surface area (Å²) in [5.41, 5.74) is 5.71. The summed E-state index contributed by atoms with van der Waals surface area (Å²) in [7, 11) is 3.31. The number of Topliss-reactive ketones (excluding diaryl/α,β-unsaturated/α-hetero) is 1. The van der Waals surface area contributed by atoms with Crippen molar-refractivity contribution in [1.29, 1.82) is 0 Å². The van der Waals surface area contributed by atoms with Crippen molar-refractivity contribution in [1.82, 2.24) is 9.97 Å². The molecule has 0 amide bonds. The molecular formula is C30H32N2O4. The van der Waals surface area contributed by atoms with Gasteiger partial charge in [-0.1, -0.05) is 37.3 Å². The maximum atomic E-state index is 12.2. The van der Waals surface area contributed by atoms with E-state index >= 15 is 0 Å². The maximum Gasteiger partial charge on any atom is 0.225 e. The van der Waals surface area contributed by atoms with Crippen molar-refractivity contribution < 1.29 is 19.0 Å². The largest absolute Gasteiger partial charge is 0.497 e. The Morgan fingerprint density at radius 1 is 1.03 bits per heavy atom. The summed E-state index contributed by atoms with van der Waals surface area (Å²) in [5.74, 6) is 2.93. The normalized spacial score (nSPS) is 14.9. The van der Waals surface area contributed by atoms with E-state index in [0.717, 1.165) is 53.0 Å². The Hall–Kier alpha value is -3.67. The molecule has 2 aromatic carbocycles. The number of hydrogen-bond acceptors (Lipinski definition) is 6. The molecule has 0 saturated heterocycles. The number of carbonyl (C=O) groups is 1. The number of aromatic nitrogens is 2. The highest BCUT2D eigenvalue weighted by Gasteiger charge is 2.28. The molecule has 0 spiro atoms. The highest BCUT2D eigenvalue weighted by molar-refractivity contribution is 5.96. The topological polar surface area (TPSA) is 70.5 Å². The highest BCUT2D eigenvalue weighted by atomic mass is 16.5. The minimum absolute atomic E-state index is 0.0945. The van der Waals surface area contributed by atoms with Crippen LogP contribution in [0.3, 0.4) is 0 Å². The van der Waals surface area contributed by atoms with Crippen LogP contribution in [0.1, 0.15) is 77.6 Å². The third kappa shape index (κ3) is 4.85. The van der Waals surface area contributed by atoms with Gasteiger partial charge >= 0.3 is 0 Å². The standard InChI is InChI=1S/C30H32N2O4/c1-4-26(33)20-12-13-21(27(17-20)35-3)18-28-31-25-15-14-24(19-8-7-11-23(16-19)34-2)29(25)30(32-28)36-22-9-5-6-10-22/h7-8,11-14,16-17,22H,4-6,9-10,15,18H2,1-3H3. The van der Waals surface area contributed by atoms with Gasteiger partial charge in [0.25, 0.3) is 0 Å². The first-order chi connectivity index (χ1) is 17.6. The van der Waals surface area contributed by atoms with Crippen LogP contribution in [-0.2, 0) is 12.8 Å². The Bertz CT molecular complexity index is 1310. The Balaban J connectivity index is 1.51. The van der Waals surface area contributed by atoms with E-state index in [2.05, 4.69) is 12.1 Å². The van der Waals surface area contributed by atoms with Crippen molar-refractivity contribution in [2.45, 2.75) is 58.0 Å². The van der Waals surface area contributed by atoms with Crippen LogP contribution in [0.2, 0.25) is 0 Å². The third-order valence-electron chi connectivity index (χ3n) is 7.01. The predicted molar refractivity (Wildman–Crippen MR) is 139 cm³/mol. The lowest BCUT2D eigenvalue weighted by molar-refractivity contribution is 0.0988. The van der Waals surface area contributed by atoms with Gasteiger partial charge in [-0.25, -0.2) is 4.98 Å². The highest BCUT2D eigenvalue weighted by Crippen LogP contribution is 2.40. The van der Waals surface area contributed by atoms with E-state index in [-0.39, 0.29) is 11.9 Å². The molecule has 1 fully saturated rings. The van der Waals surface area contributed by atoms with E-state index in [0.29, 0.717) is 35.9 Å². The molecule has 5 rings (SSSR count). The van der Waals surface area contributed by atoms with E-state index < -0.39 is 0 Å². The van der Waals surface area contributed by atoms with Crippen LogP contribution >= 0.6 is 0 Å². The molecule has 0 bridgehead atoms. The number of allylic oxidation sites excluding steroid dienone is 1. The van der Waals surface area contributed by atoms with E-state index in [1.165, 1.54) is 12.8 Å². The smallest absolute Gasteiger partial charge is 0.225 e. The van der Waals surface area contributed by atoms with Gasteiger partial charge in [0.15, 0.2) is 5.78 Å². The second kappa shape index (κ2) is 10.5. The van der Waals surface area contributed by atoms with Gasteiger partial charge in [0, 0.05) is 30.4 Å². The summed E-state index contributed by atoms with van der Waals surface area (Å²) >= 11 is 0. The van der Waals surface area contributed by atoms with Gasteiger partial charge in [-0.2, -0.15) is 4.98 Å². The number of ketones is 1. The molecule has 3 aromatic rings. The fraction of sp³-hybridized carbons (Fsp3) is 0.367. The molecule has 1 aromatic heterocycles. The van der Waals surface area contributed by atoms with Gasteiger partial charge in [0.1, 0.15) is 23.4 Å². The molecular weight excluding hydrogens is 452 g/mol. The molecule has 0 unspecified atom stereocenters. The summed E-state index contributed by atoms with van der Waals surface area (Å²) in [4.78, 5) is 22.1. The number of ether oxygens (including phenoxy) is 3. The number of methoxy groups -OCH3 is 2. The van der Waals surface area contributed by atoms with Crippen LogP contribution in [0.4, 0.5) is 0 Å². The summed E-state index contributed by atoms with van der Waals surface area (Å²) in [6, 6.07) is 13.7. The van der Waals surface area contributed by atoms with Crippen molar-refractivity contribution in [3.8, 4) is 17.4 Å². The molecule has 6 heteroatoms. The lowest BCUT2D eigenvalue weighted by Gasteiger charge is -2.18. The molecule has 0 atom stereocenters. The summed E-state index contributed by atoms with van der Waals surface area (Å²) in [6.45, 7) is 1.86. The Morgan fingerprint density at radius 2 is 1.86 bits per heavy atom.